The van der Waals surface area contributed by atoms with E-state index in [0.717, 1.165) is 31.3 Å². The first kappa shape index (κ1) is 18.7. The van der Waals surface area contributed by atoms with Gasteiger partial charge in [0.25, 0.3) is 0 Å². The van der Waals surface area contributed by atoms with E-state index in [1.807, 2.05) is 0 Å². The molecule has 0 aromatic heterocycles. The van der Waals surface area contributed by atoms with Crippen molar-refractivity contribution in [2.75, 3.05) is 25.2 Å². The third-order valence-electron chi connectivity index (χ3n) is 8.88. The number of hydroxylamine groups is 2. The van der Waals surface area contributed by atoms with Crippen LogP contribution >= 0.6 is 0 Å². The summed E-state index contributed by atoms with van der Waals surface area (Å²) < 4.78 is 5.35. The number of nitrogens with zero attached hydrogens (tertiary/aromatic N) is 2. The van der Waals surface area contributed by atoms with E-state index in [9.17, 15) is 0 Å². The quantitative estimate of drug-likeness (QED) is 0.702. The molecule has 5 fully saturated rings. The van der Waals surface area contributed by atoms with Gasteiger partial charge in [0.05, 0.1) is 24.9 Å². The second-order valence-corrected chi connectivity index (χ2v) is 10.5. The molecule has 2 bridgehead atoms. The fourth-order valence-corrected chi connectivity index (χ4v) is 7.11. The third kappa shape index (κ3) is 2.41. The zero-order chi connectivity index (χ0) is 20.6. The van der Waals surface area contributed by atoms with Crippen LogP contribution in [-0.2, 0) is 10.4 Å². The van der Waals surface area contributed by atoms with Crippen LogP contribution in [0.5, 0.6) is 5.75 Å². The molecule has 0 radical (unpaired) electrons. The van der Waals surface area contributed by atoms with Crippen LogP contribution < -0.4 is 9.64 Å². The zero-order valence-electron chi connectivity index (χ0n) is 18.3. The lowest BCUT2D eigenvalue weighted by atomic mass is 9.43. The molecule has 1 spiro atoms. The number of rotatable bonds is 3. The lowest BCUT2D eigenvalue weighted by Gasteiger charge is -2.63. The summed E-state index contributed by atoms with van der Waals surface area (Å²) in [6, 6.07) is 19.5. The van der Waals surface area contributed by atoms with Crippen molar-refractivity contribution in [1.82, 2.24) is 5.06 Å². The first-order valence-corrected chi connectivity index (χ1v) is 11.4. The molecule has 2 saturated heterocycles. The van der Waals surface area contributed by atoms with Gasteiger partial charge in [-0.2, -0.15) is 5.06 Å². The molecule has 4 atom stereocenters. The molecule has 2 aromatic rings. The Morgan fingerprint density at radius 2 is 1.80 bits per heavy atom. The van der Waals surface area contributed by atoms with Gasteiger partial charge in [-0.1, -0.05) is 44.2 Å². The molecule has 4 heteroatoms. The highest BCUT2D eigenvalue weighted by Crippen LogP contribution is 2.68. The highest BCUT2D eigenvalue weighted by Gasteiger charge is 2.69. The molecule has 2 aromatic carbocycles. The minimum absolute atomic E-state index is 0.0000888. The summed E-state index contributed by atoms with van der Waals surface area (Å²) in [5, 5.41) is 2.33. The number of ether oxygens (including phenoxy) is 1. The second-order valence-electron chi connectivity index (χ2n) is 10.5. The number of hydrogen-bond acceptors (Lipinski definition) is 4. The Kier molecular flexibility index (Phi) is 3.89. The van der Waals surface area contributed by atoms with Crippen LogP contribution in [0.15, 0.2) is 54.6 Å². The summed E-state index contributed by atoms with van der Waals surface area (Å²) in [7, 11) is 1.72. The van der Waals surface area contributed by atoms with E-state index in [1.165, 1.54) is 30.5 Å². The summed E-state index contributed by atoms with van der Waals surface area (Å²) in [6.45, 7) is 6.71. The fraction of sp³-hybridized carbons (Fsp3) is 0.538. The molecule has 158 valence electrons. The summed E-state index contributed by atoms with van der Waals surface area (Å²) in [5.74, 6) is 2.45. The SMILES string of the molecule is COc1ccc(N2CN3O[C@@]4(CC[C@H]5C[C@H]4C5(C)C)C[C@@]3(c3ccccc3)C2)cc1. The van der Waals surface area contributed by atoms with Crippen molar-refractivity contribution >= 4 is 5.69 Å². The van der Waals surface area contributed by atoms with E-state index in [1.54, 1.807) is 7.11 Å². The predicted molar refractivity (Wildman–Crippen MR) is 118 cm³/mol. The van der Waals surface area contributed by atoms with Crippen molar-refractivity contribution < 1.29 is 9.57 Å². The highest BCUT2D eigenvalue weighted by molar-refractivity contribution is 5.51. The first-order chi connectivity index (χ1) is 14.5. The summed E-state index contributed by atoms with van der Waals surface area (Å²) in [4.78, 5) is 9.48. The lowest BCUT2D eigenvalue weighted by molar-refractivity contribution is -0.285. The van der Waals surface area contributed by atoms with E-state index in [2.05, 4.69) is 78.4 Å². The van der Waals surface area contributed by atoms with Crippen molar-refractivity contribution in [3.8, 4) is 5.75 Å². The van der Waals surface area contributed by atoms with E-state index in [-0.39, 0.29) is 11.1 Å². The molecular formula is C26H32N2O2. The Balaban J connectivity index is 1.36. The molecule has 2 aliphatic heterocycles. The maximum absolute atomic E-state index is 7.02. The predicted octanol–water partition coefficient (Wildman–Crippen LogP) is 5.20. The molecule has 2 heterocycles. The number of benzene rings is 2. The maximum atomic E-state index is 7.02. The first-order valence-electron chi connectivity index (χ1n) is 11.4. The minimum atomic E-state index is -0.0836. The van der Waals surface area contributed by atoms with E-state index in [0.29, 0.717) is 11.3 Å². The van der Waals surface area contributed by atoms with Crippen molar-refractivity contribution in [3.63, 3.8) is 0 Å². The van der Waals surface area contributed by atoms with Crippen molar-refractivity contribution in [1.29, 1.82) is 0 Å². The van der Waals surface area contributed by atoms with Gasteiger partial charge in [0.2, 0.25) is 0 Å². The van der Waals surface area contributed by atoms with Gasteiger partial charge in [0.15, 0.2) is 0 Å². The maximum Gasteiger partial charge on any atom is 0.119 e. The number of fused-ring (bicyclic) bond motifs is 2. The van der Waals surface area contributed by atoms with Gasteiger partial charge in [0, 0.05) is 18.7 Å². The average Bonchev–Trinajstić information content (AvgIpc) is 3.26. The van der Waals surface area contributed by atoms with Gasteiger partial charge < -0.3 is 9.64 Å². The molecule has 3 saturated carbocycles. The number of anilines is 1. The summed E-state index contributed by atoms with van der Waals surface area (Å²) in [5.41, 5.74) is 2.94. The highest BCUT2D eigenvalue weighted by atomic mass is 16.7. The van der Waals surface area contributed by atoms with Crippen LogP contribution in [0.25, 0.3) is 0 Å². The van der Waals surface area contributed by atoms with Gasteiger partial charge >= 0.3 is 0 Å². The molecule has 30 heavy (non-hydrogen) atoms. The van der Waals surface area contributed by atoms with Gasteiger partial charge in [0.1, 0.15) is 5.75 Å². The summed E-state index contributed by atoms with van der Waals surface area (Å²) >= 11 is 0. The topological polar surface area (TPSA) is 24.9 Å². The van der Waals surface area contributed by atoms with Crippen molar-refractivity contribution in [2.24, 2.45) is 17.3 Å². The Labute approximate surface area is 179 Å². The number of methoxy groups -OCH3 is 1. The molecule has 7 rings (SSSR count). The molecule has 0 N–H and O–H groups in total. The number of hydrogen-bond donors (Lipinski definition) is 0. The Bertz CT molecular complexity index is 941. The third-order valence-corrected chi connectivity index (χ3v) is 8.88. The molecule has 4 nitrogen and oxygen atoms in total. The smallest absolute Gasteiger partial charge is 0.119 e. The summed E-state index contributed by atoms with van der Waals surface area (Å²) in [6.07, 6.45) is 4.95. The Morgan fingerprint density at radius 1 is 1.03 bits per heavy atom. The largest absolute Gasteiger partial charge is 0.497 e. The van der Waals surface area contributed by atoms with E-state index >= 15 is 0 Å². The standard InChI is InChI=1S/C26H32N2O2/c1-24(2)20-13-14-26(23(24)15-20)16-25(19-7-5-4-6-8-19)17-27(18-28(25)30-26)21-9-11-22(29-3)12-10-21/h4-12,20,23H,13-18H2,1-3H3/t20-,23-,25-,26-/m0/s1. The van der Waals surface area contributed by atoms with Crippen LogP contribution in [-0.4, -0.2) is 31.0 Å². The average molecular weight is 405 g/mol. The zero-order valence-corrected chi connectivity index (χ0v) is 18.3. The normalized spacial score (nSPS) is 36.6. The lowest BCUT2D eigenvalue weighted by Crippen LogP contribution is -2.62. The van der Waals surface area contributed by atoms with E-state index in [4.69, 9.17) is 9.57 Å². The van der Waals surface area contributed by atoms with Gasteiger partial charge in [-0.25, -0.2) is 0 Å². The minimum Gasteiger partial charge on any atom is -0.497 e. The van der Waals surface area contributed by atoms with Gasteiger partial charge in [-0.15, -0.1) is 0 Å². The van der Waals surface area contributed by atoms with Crippen molar-refractivity contribution in [3.05, 3.63) is 60.2 Å². The van der Waals surface area contributed by atoms with Crippen LogP contribution in [0.1, 0.15) is 45.1 Å². The molecule has 0 amide bonds. The molecular weight excluding hydrogens is 372 g/mol. The van der Waals surface area contributed by atoms with Crippen LogP contribution in [0.3, 0.4) is 0 Å². The van der Waals surface area contributed by atoms with Gasteiger partial charge in [-0.05, 0) is 66.3 Å². The van der Waals surface area contributed by atoms with Crippen molar-refractivity contribution in [2.45, 2.75) is 50.7 Å². The second kappa shape index (κ2) is 6.24. The van der Waals surface area contributed by atoms with Gasteiger partial charge in [-0.3, -0.25) is 4.84 Å². The van der Waals surface area contributed by atoms with Crippen LogP contribution in [0.4, 0.5) is 5.69 Å². The monoisotopic (exact) mass is 404 g/mol. The van der Waals surface area contributed by atoms with Crippen LogP contribution in [0.2, 0.25) is 0 Å². The fourth-order valence-electron chi connectivity index (χ4n) is 7.11. The molecule has 5 aliphatic rings. The molecule has 3 aliphatic carbocycles. The Hall–Kier alpha value is -2.04. The molecule has 0 unspecified atom stereocenters. The van der Waals surface area contributed by atoms with Crippen LogP contribution in [0, 0.1) is 17.3 Å². The van der Waals surface area contributed by atoms with E-state index < -0.39 is 0 Å². The Morgan fingerprint density at radius 3 is 2.47 bits per heavy atom.